The number of hydrogen-bond acceptors (Lipinski definition) is 3. The van der Waals surface area contributed by atoms with Gasteiger partial charge in [0, 0.05) is 18.7 Å². The van der Waals surface area contributed by atoms with Gasteiger partial charge in [-0.2, -0.15) is 8.78 Å². The molecule has 5 heteroatoms. The van der Waals surface area contributed by atoms with Crippen molar-refractivity contribution < 1.29 is 13.5 Å². The quantitative estimate of drug-likeness (QED) is 0.877. The van der Waals surface area contributed by atoms with Gasteiger partial charge in [0.1, 0.15) is 5.75 Å². The Balaban J connectivity index is 1.87. The van der Waals surface area contributed by atoms with Crippen molar-refractivity contribution in [2.24, 2.45) is 0 Å². The number of nitrogens with two attached hydrogens (primary N) is 1. The van der Waals surface area contributed by atoms with E-state index in [4.69, 9.17) is 5.73 Å². The van der Waals surface area contributed by atoms with E-state index >= 15 is 0 Å². The number of nitrogens with zero attached hydrogens (tertiary/aromatic N) is 1. The van der Waals surface area contributed by atoms with Crippen molar-refractivity contribution in [2.45, 2.75) is 19.6 Å². The van der Waals surface area contributed by atoms with Gasteiger partial charge in [-0.05, 0) is 24.1 Å². The Bertz CT molecular complexity index is 646. The Hall–Kier alpha value is -2.30. The zero-order valence-electron chi connectivity index (χ0n) is 11.4. The molecule has 3 rings (SSSR count). The first-order chi connectivity index (χ1) is 10.1. The molecule has 1 heterocycles. The largest absolute Gasteiger partial charge is 0.434 e. The molecule has 0 aromatic heterocycles. The van der Waals surface area contributed by atoms with Gasteiger partial charge in [-0.15, -0.1) is 0 Å². The molecule has 0 radical (unpaired) electrons. The highest BCUT2D eigenvalue weighted by molar-refractivity contribution is 5.74. The Labute approximate surface area is 121 Å². The average molecular weight is 290 g/mol. The monoisotopic (exact) mass is 290 g/mol. The molecule has 0 unspecified atom stereocenters. The third-order valence-electron chi connectivity index (χ3n) is 3.67. The van der Waals surface area contributed by atoms with E-state index in [1.807, 2.05) is 24.3 Å². The second-order valence-corrected chi connectivity index (χ2v) is 5.01. The van der Waals surface area contributed by atoms with Crippen LogP contribution in [0.4, 0.5) is 20.2 Å². The molecule has 0 fully saturated rings. The lowest BCUT2D eigenvalue weighted by atomic mass is 10.1. The number of benzene rings is 2. The van der Waals surface area contributed by atoms with E-state index < -0.39 is 6.61 Å². The molecule has 3 nitrogen and oxygen atoms in total. The fourth-order valence-electron chi connectivity index (χ4n) is 2.77. The predicted molar refractivity (Wildman–Crippen MR) is 78.7 cm³/mol. The minimum atomic E-state index is -2.82. The fraction of sp³-hybridized carbons (Fsp3) is 0.250. The standard InChI is InChI=1S/C16H16F2N2O/c17-16(18)21-14-7-2-1-4-12(14)10-20-9-8-11-5-3-6-13(19)15(11)20/h1-7,16H,8-10,19H2. The summed E-state index contributed by atoms with van der Waals surface area (Å²) in [5.41, 5.74) is 9.69. The number of alkyl halides is 2. The molecule has 2 aromatic rings. The molecular weight excluding hydrogens is 274 g/mol. The van der Waals surface area contributed by atoms with Crippen molar-refractivity contribution in [1.29, 1.82) is 0 Å². The third-order valence-corrected chi connectivity index (χ3v) is 3.67. The van der Waals surface area contributed by atoms with E-state index in [1.165, 1.54) is 5.56 Å². The van der Waals surface area contributed by atoms with E-state index in [2.05, 4.69) is 9.64 Å². The SMILES string of the molecule is Nc1cccc2c1N(Cc1ccccc1OC(F)F)CC2. The number of rotatable bonds is 4. The van der Waals surface area contributed by atoms with Gasteiger partial charge < -0.3 is 15.4 Å². The zero-order chi connectivity index (χ0) is 14.8. The number of fused-ring (bicyclic) bond motifs is 1. The molecule has 0 bridgehead atoms. The van der Waals surface area contributed by atoms with Crippen LogP contribution in [0.2, 0.25) is 0 Å². The topological polar surface area (TPSA) is 38.5 Å². The molecular formula is C16H16F2N2O. The van der Waals surface area contributed by atoms with Crippen molar-refractivity contribution in [3.8, 4) is 5.75 Å². The average Bonchev–Trinajstić information content (AvgIpc) is 2.85. The third kappa shape index (κ3) is 2.77. The van der Waals surface area contributed by atoms with Gasteiger partial charge in [0.2, 0.25) is 0 Å². The molecule has 2 aromatic carbocycles. The molecule has 0 saturated heterocycles. The maximum Gasteiger partial charge on any atom is 0.387 e. The minimum absolute atomic E-state index is 0.218. The second-order valence-electron chi connectivity index (χ2n) is 5.01. The van der Waals surface area contributed by atoms with Gasteiger partial charge in [0.05, 0.1) is 11.4 Å². The summed E-state index contributed by atoms with van der Waals surface area (Å²) in [6.45, 7) is -1.49. The lowest BCUT2D eigenvalue weighted by molar-refractivity contribution is -0.0504. The minimum Gasteiger partial charge on any atom is -0.434 e. The molecule has 0 saturated carbocycles. The number of anilines is 2. The van der Waals surface area contributed by atoms with Crippen LogP contribution in [0.25, 0.3) is 0 Å². The molecule has 0 amide bonds. The molecule has 2 N–H and O–H groups in total. The summed E-state index contributed by atoms with van der Waals surface area (Å²) in [6.07, 6.45) is 0.915. The molecule has 1 aliphatic heterocycles. The highest BCUT2D eigenvalue weighted by Gasteiger charge is 2.22. The van der Waals surface area contributed by atoms with Crippen LogP contribution >= 0.6 is 0 Å². The summed E-state index contributed by atoms with van der Waals surface area (Å²) in [7, 11) is 0. The summed E-state index contributed by atoms with van der Waals surface area (Å²) in [4.78, 5) is 2.11. The van der Waals surface area contributed by atoms with Crippen LogP contribution in [0.5, 0.6) is 5.75 Å². The van der Waals surface area contributed by atoms with E-state index in [9.17, 15) is 8.78 Å². The van der Waals surface area contributed by atoms with E-state index in [0.717, 1.165) is 29.9 Å². The lowest BCUT2D eigenvalue weighted by Gasteiger charge is -2.22. The Kier molecular flexibility index (Phi) is 3.64. The Morgan fingerprint density at radius 1 is 1.14 bits per heavy atom. The van der Waals surface area contributed by atoms with Crippen LogP contribution in [0.3, 0.4) is 0 Å². The summed E-state index contributed by atoms with van der Waals surface area (Å²) >= 11 is 0. The predicted octanol–water partition coefficient (Wildman–Crippen LogP) is 3.43. The molecule has 0 aliphatic carbocycles. The van der Waals surface area contributed by atoms with Gasteiger partial charge in [-0.1, -0.05) is 30.3 Å². The molecule has 1 aliphatic rings. The van der Waals surface area contributed by atoms with Crippen LogP contribution in [0.1, 0.15) is 11.1 Å². The lowest BCUT2D eigenvalue weighted by Crippen LogP contribution is -2.21. The summed E-state index contributed by atoms with van der Waals surface area (Å²) in [6, 6.07) is 12.7. The zero-order valence-corrected chi connectivity index (χ0v) is 11.4. The van der Waals surface area contributed by atoms with Crippen LogP contribution in [-0.4, -0.2) is 13.2 Å². The van der Waals surface area contributed by atoms with Gasteiger partial charge in [0.25, 0.3) is 0 Å². The van der Waals surface area contributed by atoms with Crippen LogP contribution in [-0.2, 0) is 13.0 Å². The first-order valence-corrected chi connectivity index (χ1v) is 6.80. The first-order valence-electron chi connectivity index (χ1n) is 6.80. The van der Waals surface area contributed by atoms with E-state index in [1.54, 1.807) is 18.2 Å². The summed E-state index contributed by atoms with van der Waals surface area (Å²) in [5.74, 6) is 0.218. The number of ether oxygens (including phenoxy) is 1. The molecule has 0 atom stereocenters. The number of hydrogen-bond donors (Lipinski definition) is 1. The second kappa shape index (κ2) is 5.60. The van der Waals surface area contributed by atoms with Crippen molar-refractivity contribution in [3.05, 3.63) is 53.6 Å². The van der Waals surface area contributed by atoms with Gasteiger partial charge >= 0.3 is 6.61 Å². The van der Waals surface area contributed by atoms with Crippen molar-refractivity contribution in [2.75, 3.05) is 17.2 Å². The number of halogens is 2. The van der Waals surface area contributed by atoms with E-state index in [0.29, 0.717) is 6.54 Å². The van der Waals surface area contributed by atoms with Crippen LogP contribution < -0.4 is 15.4 Å². The smallest absolute Gasteiger partial charge is 0.387 e. The summed E-state index contributed by atoms with van der Waals surface area (Å²) in [5, 5.41) is 0. The number of nitrogen functional groups attached to an aromatic ring is 1. The Morgan fingerprint density at radius 3 is 2.76 bits per heavy atom. The molecule has 110 valence electrons. The van der Waals surface area contributed by atoms with Crippen LogP contribution in [0.15, 0.2) is 42.5 Å². The fourth-order valence-corrected chi connectivity index (χ4v) is 2.77. The van der Waals surface area contributed by atoms with Crippen molar-refractivity contribution >= 4 is 11.4 Å². The van der Waals surface area contributed by atoms with Crippen molar-refractivity contribution in [3.63, 3.8) is 0 Å². The highest BCUT2D eigenvalue weighted by Crippen LogP contribution is 2.35. The maximum atomic E-state index is 12.5. The van der Waals surface area contributed by atoms with Gasteiger partial charge in [-0.3, -0.25) is 0 Å². The van der Waals surface area contributed by atoms with Gasteiger partial charge in [0.15, 0.2) is 0 Å². The first kappa shape index (κ1) is 13.7. The number of para-hydroxylation sites is 2. The van der Waals surface area contributed by atoms with Crippen molar-refractivity contribution in [1.82, 2.24) is 0 Å². The highest BCUT2D eigenvalue weighted by atomic mass is 19.3. The summed E-state index contributed by atoms with van der Waals surface area (Å²) < 4.78 is 29.5. The normalized spacial score (nSPS) is 13.6. The molecule has 0 spiro atoms. The Morgan fingerprint density at radius 2 is 1.95 bits per heavy atom. The van der Waals surface area contributed by atoms with E-state index in [-0.39, 0.29) is 5.75 Å². The molecule has 21 heavy (non-hydrogen) atoms. The maximum absolute atomic E-state index is 12.5. The van der Waals surface area contributed by atoms with Crippen LogP contribution in [0, 0.1) is 0 Å². The van der Waals surface area contributed by atoms with Gasteiger partial charge in [-0.25, -0.2) is 0 Å².